The highest BCUT2D eigenvalue weighted by molar-refractivity contribution is 5.86. The molecule has 1 fully saturated rings. The topological polar surface area (TPSA) is 50.3 Å². The van der Waals surface area contributed by atoms with E-state index in [4.69, 9.17) is 5.73 Å². The van der Waals surface area contributed by atoms with Crippen molar-refractivity contribution in [1.29, 1.82) is 0 Å². The first-order chi connectivity index (χ1) is 8.61. The normalized spacial score (nSPS) is 15.8. The molecule has 2 rings (SSSR count). The van der Waals surface area contributed by atoms with Crippen LogP contribution in [-0.2, 0) is 13.6 Å². The van der Waals surface area contributed by atoms with Gasteiger partial charge in [0.2, 0.25) is 0 Å². The summed E-state index contributed by atoms with van der Waals surface area (Å²) in [5, 5.41) is 4.48. The van der Waals surface area contributed by atoms with E-state index in [1.54, 1.807) is 0 Å². The van der Waals surface area contributed by atoms with E-state index in [0.717, 1.165) is 45.8 Å². The Labute approximate surface area is 146 Å². The second kappa shape index (κ2) is 10.6. The van der Waals surface area contributed by atoms with Crippen LogP contribution in [0.4, 0.5) is 0 Å². The van der Waals surface area contributed by atoms with Gasteiger partial charge in [0.25, 0.3) is 0 Å². The van der Waals surface area contributed by atoms with E-state index < -0.39 is 0 Å². The highest BCUT2D eigenvalue weighted by atomic mass is 35.5. The Hall–Kier alpha value is -0.0400. The molecule has 126 valence electrons. The second-order valence-corrected chi connectivity index (χ2v) is 5.18. The average Bonchev–Trinajstić information content (AvgIpc) is 2.59. The van der Waals surface area contributed by atoms with E-state index in [-0.39, 0.29) is 37.2 Å². The van der Waals surface area contributed by atoms with Crippen molar-refractivity contribution in [1.82, 2.24) is 19.6 Å². The van der Waals surface area contributed by atoms with E-state index in [1.807, 2.05) is 11.7 Å². The van der Waals surface area contributed by atoms with Crippen LogP contribution in [0, 0.1) is 13.8 Å². The molecule has 21 heavy (non-hydrogen) atoms. The monoisotopic (exact) mass is 359 g/mol. The molecule has 5 nitrogen and oxygen atoms in total. The fourth-order valence-corrected chi connectivity index (χ4v) is 2.62. The Kier molecular flexibility index (Phi) is 11.8. The molecule has 1 aliphatic rings. The minimum atomic E-state index is 0. The summed E-state index contributed by atoms with van der Waals surface area (Å²) in [4.78, 5) is 4.96. The van der Waals surface area contributed by atoms with Gasteiger partial charge in [0.1, 0.15) is 0 Å². The zero-order chi connectivity index (χ0) is 13.1. The molecule has 0 saturated carbocycles. The molecule has 0 bridgehead atoms. The van der Waals surface area contributed by atoms with Crippen molar-refractivity contribution in [2.75, 3.05) is 39.3 Å². The first kappa shape index (κ1) is 23.2. The highest BCUT2D eigenvalue weighted by Crippen LogP contribution is 2.15. The molecule has 2 N–H and O–H groups in total. The number of aromatic nitrogens is 2. The lowest BCUT2D eigenvalue weighted by Gasteiger charge is -2.34. The van der Waals surface area contributed by atoms with Crippen molar-refractivity contribution >= 4 is 37.2 Å². The molecule has 0 aliphatic carbocycles. The van der Waals surface area contributed by atoms with E-state index in [9.17, 15) is 0 Å². The van der Waals surface area contributed by atoms with Gasteiger partial charge in [0.05, 0.1) is 5.69 Å². The van der Waals surface area contributed by atoms with Gasteiger partial charge >= 0.3 is 0 Å². The quantitative estimate of drug-likeness (QED) is 0.881. The van der Waals surface area contributed by atoms with E-state index in [2.05, 4.69) is 28.7 Å². The summed E-state index contributed by atoms with van der Waals surface area (Å²) in [5.74, 6) is 0. The Balaban J connectivity index is 0. The van der Waals surface area contributed by atoms with Crippen LogP contribution in [0.25, 0.3) is 0 Å². The number of hydrogen-bond donors (Lipinski definition) is 1. The fraction of sp³-hybridized carbons (Fsp3) is 0.769. The van der Waals surface area contributed by atoms with Crippen molar-refractivity contribution in [3.05, 3.63) is 17.0 Å². The van der Waals surface area contributed by atoms with Crippen LogP contribution in [0.3, 0.4) is 0 Å². The Morgan fingerprint density at radius 1 is 1.00 bits per heavy atom. The molecule has 0 radical (unpaired) electrons. The summed E-state index contributed by atoms with van der Waals surface area (Å²) in [5.41, 5.74) is 9.44. The van der Waals surface area contributed by atoms with Crippen LogP contribution in [-0.4, -0.2) is 58.8 Å². The zero-order valence-electron chi connectivity index (χ0n) is 13.0. The summed E-state index contributed by atoms with van der Waals surface area (Å²) < 4.78 is 1.98. The lowest BCUT2D eigenvalue weighted by atomic mass is 10.1. The van der Waals surface area contributed by atoms with Crippen molar-refractivity contribution in [2.24, 2.45) is 12.8 Å². The summed E-state index contributed by atoms with van der Waals surface area (Å²) in [6.07, 6.45) is 0. The Bertz CT molecular complexity index is 403. The maximum atomic E-state index is 5.59. The van der Waals surface area contributed by atoms with Gasteiger partial charge < -0.3 is 5.73 Å². The van der Waals surface area contributed by atoms with Gasteiger partial charge in [0, 0.05) is 64.1 Å². The maximum absolute atomic E-state index is 5.59. The third-order valence-electron chi connectivity index (χ3n) is 3.95. The number of halogens is 3. The smallest absolute Gasteiger partial charge is 0.0641 e. The summed E-state index contributed by atoms with van der Waals surface area (Å²) in [6.45, 7) is 11.6. The number of hydrogen-bond acceptors (Lipinski definition) is 4. The molecule has 0 unspecified atom stereocenters. The highest BCUT2D eigenvalue weighted by Gasteiger charge is 2.19. The minimum absolute atomic E-state index is 0. The van der Waals surface area contributed by atoms with Gasteiger partial charge in [-0.3, -0.25) is 14.5 Å². The summed E-state index contributed by atoms with van der Waals surface area (Å²) in [6, 6.07) is 0. The first-order valence-electron chi connectivity index (χ1n) is 6.75. The van der Waals surface area contributed by atoms with Gasteiger partial charge in [-0.15, -0.1) is 37.2 Å². The standard InChI is InChI=1S/C13H25N5.3ClH/c1-11-13(12(2)16(3)15-11)10-18-8-6-17(5-4-14)7-9-18;;;/h4-10,14H2,1-3H3;3*1H. The first-order valence-corrected chi connectivity index (χ1v) is 6.75. The van der Waals surface area contributed by atoms with Gasteiger partial charge in [-0.2, -0.15) is 5.10 Å². The second-order valence-electron chi connectivity index (χ2n) is 5.18. The molecule has 1 aromatic rings. The third kappa shape index (κ3) is 5.93. The van der Waals surface area contributed by atoms with E-state index in [0.29, 0.717) is 0 Å². The van der Waals surface area contributed by atoms with Gasteiger partial charge in [-0.1, -0.05) is 0 Å². The summed E-state index contributed by atoms with van der Waals surface area (Å²) in [7, 11) is 2.02. The number of aryl methyl sites for hydroxylation is 2. The fourth-order valence-electron chi connectivity index (χ4n) is 2.62. The predicted octanol–water partition coefficient (Wildman–Crippen LogP) is 1.38. The number of piperazine rings is 1. The van der Waals surface area contributed by atoms with Crippen LogP contribution in [0.2, 0.25) is 0 Å². The van der Waals surface area contributed by atoms with Crippen LogP contribution < -0.4 is 5.73 Å². The third-order valence-corrected chi connectivity index (χ3v) is 3.95. The molecule has 0 aromatic carbocycles. The molecule has 1 aliphatic heterocycles. The number of nitrogens with zero attached hydrogens (tertiary/aromatic N) is 4. The lowest BCUT2D eigenvalue weighted by molar-refractivity contribution is 0.129. The van der Waals surface area contributed by atoms with Crippen molar-refractivity contribution in [2.45, 2.75) is 20.4 Å². The van der Waals surface area contributed by atoms with Gasteiger partial charge in [0.15, 0.2) is 0 Å². The molecule has 1 aromatic heterocycles. The zero-order valence-corrected chi connectivity index (χ0v) is 15.5. The van der Waals surface area contributed by atoms with Gasteiger partial charge in [-0.25, -0.2) is 0 Å². The molecule has 1 saturated heterocycles. The van der Waals surface area contributed by atoms with Crippen LogP contribution in [0.15, 0.2) is 0 Å². The Morgan fingerprint density at radius 3 is 1.95 bits per heavy atom. The van der Waals surface area contributed by atoms with Crippen LogP contribution in [0.1, 0.15) is 17.0 Å². The number of rotatable bonds is 4. The predicted molar refractivity (Wildman–Crippen MR) is 95.2 cm³/mol. The van der Waals surface area contributed by atoms with Crippen LogP contribution >= 0.6 is 37.2 Å². The van der Waals surface area contributed by atoms with Crippen molar-refractivity contribution in [3.63, 3.8) is 0 Å². The average molecular weight is 361 g/mol. The largest absolute Gasteiger partial charge is 0.329 e. The van der Waals surface area contributed by atoms with Crippen LogP contribution in [0.5, 0.6) is 0 Å². The van der Waals surface area contributed by atoms with Gasteiger partial charge in [-0.05, 0) is 13.8 Å². The molecule has 2 heterocycles. The van der Waals surface area contributed by atoms with E-state index >= 15 is 0 Å². The number of nitrogens with two attached hydrogens (primary N) is 1. The SMILES string of the molecule is Cc1nn(C)c(C)c1CN1CCN(CCN)CC1.Cl.Cl.Cl. The van der Waals surface area contributed by atoms with E-state index in [1.165, 1.54) is 17.0 Å². The molecule has 8 heteroatoms. The minimum Gasteiger partial charge on any atom is -0.329 e. The molecule has 0 amide bonds. The van der Waals surface area contributed by atoms with Crippen molar-refractivity contribution in [3.8, 4) is 0 Å². The molecular weight excluding hydrogens is 333 g/mol. The van der Waals surface area contributed by atoms with Crippen molar-refractivity contribution < 1.29 is 0 Å². The maximum Gasteiger partial charge on any atom is 0.0641 e. The lowest BCUT2D eigenvalue weighted by Crippen LogP contribution is -2.47. The molecule has 0 atom stereocenters. The molecular formula is C13H28Cl3N5. The molecule has 0 spiro atoms. The Morgan fingerprint density at radius 2 is 1.52 bits per heavy atom. The summed E-state index contributed by atoms with van der Waals surface area (Å²) >= 11 is 0.